The maximum Gasteiger partial charge on any atom is 0.184 e. The van der Waals surface area contributed by atoms with Gasteiger partial charge in [-0.1, -0.05) is 12.5 Å². The average Bonchev–Trinajstić information content (AvgIpc) is 3.02. The predicted molar refractivity (Wildman–Crippen MR) is 73.4 cm³/mol. The summed E-state index contributed by atoms with van der Waals surface area (Å²) in [7, 11) is 0. The largest absolute Gasteiger partial charge is 0.449 e. The SMILES string of the molecule is CCC(=Cc1cc(Br)c(Br)o1)CNC1CC1. The Kier molecular flexibility index (Phi) is 4.27. The molecule has 4 heteroatoms. The third kappa shape index (κ3) is 3.47. The van der Waals surface area contributed by atoms with Gasteiger partial charge in [-0.15, -0.1) is 0 Å². The molecule has 2 rings (SSSR count). The Labute approximate surface area is 113 Å². The van der Waals surface area contributed by atoms with Crippen molar-refractivity contribution in [2.24, 2.45) is 0 Å². The summed E-state index contributed by atoms with van der Waals surface area (Å²) in [6, 6.07) is 2.74. The molecule has 1 heterocycles. The van der Waals surface area contributed by atoms with Gasteiger partial charge in [0.25, 0.3) is 0 Å². The van der Waals surface area contributed by atoms with Crippen LogP contribution in [0, 0.1) is 0 Å². The minimum Gasteiger partial charge on any atom is -0.449 e. The number of halogens is 2. The van der Waals surface area contributed by atoms with Crippen molar-refractivity contribution >= 4 is 37.9 Å². The molecule has 0 aromatic carbocycles. The number of hydrogen-bond acceptors (Lipinski definition) is 2. The number of hydrogen-bond donors (Lipinski definition) is 1. The summed E-state index contributed by atoms with van der Waals surface area (Å²) >= 11 is 6.76. The van der Waals surface area contributed by atoms with Gasteiger partial charge >= 0.3 is 0 Å². The molecule has 0 spiro atoms. The molecule has 1 aromatic heterocycles. The van der Waals surface area contributed by atoms with Gasteiger partial charge in [-0.3, -0.25) is 0 Å². The summed E-state index contributed by atoms with van der Waals surface area (Å²) in [5, 5.41) is 3.52. The van der Waals surface area contributed by atoms with E-state index in [9.17, 15) is 0 Å². The van der Waals surface area contributed by atoms with Crippen molar-refractivity contribution in [2.45, 2.75) is 32.2 Å². The molecular weight excluding hydrogens is 334 g/mol. The monoisotopic (exact) mass is 347 g/mol. The second-order valence-electron chi connectivity index (χ2n) is 4.08. The molecule has 0 unspecified atom stereocenters. The van der Waals surface area contributed by atoms with E-state index in [-0.39, 0.29) is 0 Å². The Morgan fingerprint density at radius 1 is 1.56 bits per heavy atom. The summed E-state index contributed by atoms with van der Waals surface area (Å²) in [6.45, 7) is 3.14. The van der Waals surface area contributed by atoms with Crippen LogP contribution < -0.4 is 5.32 Å². The van der Waals surface area contributed by atoms with E-state index >= 15 is 0 Å². The van der Waals surface area contributed by atoms with Crippen LogP contribution >= 0.6 is 31.9 Å². The van der Waals surface area contributed by atoms with Crippen molar-refractivity contribution < 1.29 is 4.42 Å². The standard InChI is InChI=1S/C12H15Br2NO/c1-2-8(7-15-9-3-4-9)5-10-6-11(13)12(14)16-10/h5-6,9,15H,2-4,7H2,1H3. The predicted octanol–water partition coefficient (Wildman–Crippen LogP) is 4.35. The molecule has 16 heavy (non-hydrogen) atoms. The van der Waals surface area contributed by atoms with Gasteiger partial charge in [0, 0.05) is 12.6 Å². The highest BCUT2D eigenvalue weighted by molar-refractivity contribution is 9.13. The van der Waals surface area contributed by atoms with Gasteiger partial charge in [-0.2, -0.15) is 0 Å². The lowest BCUT2D eigenvalue weighted by Gasteiger charge is -2.04. The van der Waals surface area contributed by atoms with Crippen LogP contribution in [0.2, 0.25) is 0 Å². The Hall–Kier alpha value is -0.0600. The topological polar surface area (TPSA) is 25.2 Å². The molecule has 0 saturated heterocycles. The second-order valence-corrected chi connectivity index (χ2v) is 5.66. The molecule has 1 saturated carbocycles. The first-order valence-corrected chi connectivity index (χ1v) is 7.15. The fraction of sp³-hybridized carbons (Fsp3) is 0.500. The van der Waals surface area contributed by atoms with Crippen LogP contribution in [-0.2, 0) is 0 Å². The average molecular weight is 349 g/mol. The second kappa shape index (κ2) is 5.52. The Bertz CT molecular complexity index is 374. The molecule has 0 atom stereocenters. The van der Waals surface area contributed by atoms with Crippen LogP contribution in [0.4, 0.5) is 0 Å². The molecule has 1 aromatic rings. The lowest BCUT2D eigenvalue weighted by molar-refractivity contribution is 0.529. The van der Waals surface area contributed by atoms with Crippen molar-refractivity contribution in [3.8, 4) is 0 Å². The molecule has 0 aliphatic heterocycles. The Morgan fingerprint density at radius 3 is 2.81 bits per heavy atom. The minimum absolute atomic E-state index is 0.754. The van der Waals surface area contributed by atoms with Crippen LogP contribution in [-0.4, -0.2) is 12.6 Å². The number of furan rings is 1. The van der Waals surface area contributed by atoms with E-state index in [0.717, 1.165) is 33.9 Å². The lowest BCUT2D eigenvalue weighted by atomic mass is 10.1. The van der Waals surface area contributed by atoms with Crippen LogP contribution in [0.1, 0.15) is 31.9 Å². The van der Waals surface area contributed by atoms with Crippen LogP contribution in [0.25, 0.3) is 6.08 Å². The van der Waals surface area contributed by atoms with Crippen molar-refractivity contribution in [2.75, 3.05) is 6.54 Å². The lowest BCUT2D eigenvalue weighted by Crippen LogP contribution is -2.18. The Morgan fingerprint density at radius 2 is 2.31 bits per heavy atom. The smallest absolute Gasteiger partial charge is 0.184 e. The molecule has 0 bridgehead atoms. The highest BCUT2D eigenvalue weighted by Gasteiger charge is 2.20. The zero-order valence-corrected chi connectivity index (χ0v) is 12.4. The van der Waals surface area contributed by atoms with E-state index in [4.69, 9.17) is 4.42 Å². The van der Waals surface area contributed by atoms with E-state index in [1.807, 2.05) is 6.07 Å². The van der Waals surface area contributed by atoms with E-state index in [1.54, 1.807) is 0 Å². The molecule has 1 aliphatic rings. The van der Waals surface area contributed by atoms with E-state index in [1.165, 1.54) is 18.4 Å². The van der Waals surface area contributed by atoms with Crippen LogP contribution in [0.3, 0.4) is 0 Å². The summed E-state index contributed by atoms with van der Waals surface area (Å²) in [5.41, 5.74) is 1.38. The Balaban J connectivity index is 2.00. The first kappa shape index (κ1) is 12.4. The van der Waals surface area contributed by atoms with Crippen molar-refractivity contribution in [1.82, 2.24) is 5.32 Å². The first-order chi connectivity index (χ1) is 7.69. The molecular formula is C12H15Br2NO. The third-order valence-electron chi connectivity index (χ3n) is 2.66. The van der Waals surface area contributed by atoms with Gasteiger partial charge in [0.1, 0.15) is 5.76 Å². The molecule has 0 amide bonds. The number of rotatable bonds is 5. The summed E-state index contributed by atoms with van der Waals surface area (Å²) in [4.78, 5) is 0. The first-order valence-electron chi connectivity index (χ1n) is 5.56. The van der Waals surface area contributed by atoms with E-state index < -0.39 is 0 Å². The summed E-state index contributed by atoms with van der Waals surface area (Å²) < 4.78 is 7.25. The van der Waals surface area contributed by atoms with Gasteiger partial charge in [-0.05, 0) is 63.3 Å². The fourth-order valence-corrected chi connectivity index (χ4v) is 2.08. The molecule has 1 fully saturated rings. The molecule has 2 nitrogen and oxygen atoms in total. The van der Waals surface area contributed by atoms with Gasteiger partial charge in [0.05, 0.1) is 4.47 Å². The van der Waals surface area contributed by atoms with Crippen LogP contribution in [0.15, 0.2) is 25.2 Å². The normalized spacial score (nSPS) is 16.8. The molecule has 1 aliphatic carbocycles. The van der Waals surface area contributed by atoms with Gasteiger partial charge in [0.2, 0.25) is 0 Å². The van der Waals surface area contributed by atoms with Gasteiger partial charge < -0.3 is 9.73 Å². The molecule has 88 valence electrons. The van der Waals surface area contributed by atoms with Gasteiger partial charge in [-0.25, -0.2) is 0 Å². The van der Waals surface area contributed by atoms with Gasteiger partial charge in [0.15, 0.2) is 4.67 Å². The summed E-state index contributed by atoms with van der Waals surface area (Å²) in [5.74, 6) is 0.896. The minimum atomic E-state index is 0.754. The van der Waals surface area contributed by atoms with Crippen LogP contribution in [0.5, 0.6) is 0 Å². The zero-order chi connectivity index (χ0) is 11.5. The maximum atomic E-state index is 5.53. The maximum absolute atomic E-state index is 5.53. The van der Waals surface area contributed by atoms with E-state index in [0.29, 0.717) is 0 Å². The molecule has 1 N–H and O–H groups in total. The highest BCUT2D eigenvalue weighted by atomic mass is 79.9. The van der Waals surface area contributed by atoms with Crippen molar-refractivity contribution in [3.63, 3.8) is 0 Å². The number of nitrogens with one attached hydrogen (secondary N) is 1. The van der Waals surface area contributed by atoms with E-state index in [2.05, 4.69) is 50.2 Å². The fourth-order valence-electron chi connectivity index (χ4n) is 1.48. The molecule has 0 radical (unpaired) electrons. The highest BCUT2D eigenvalue weighted by Crippen LogP contribution is 2.28. The quantitative estimate of drug-likeness (QED) is 0.855. The zero-order valence-electron chi connectivity index (χ0n) is 9.22. The third-order valence-corrected chi connectivity index (χ3v) is 4.37. The van der Waals surface area contributed by atoms with Crippen molar-refractivity contribution in [3.05, 3.63) is 26.5 Å². The van der Waals surface area contributed by atoms with Crippen molar-refractivity contribution in [1.29, 1.82) is 0 Å². The summed E-state index contributed by atoms with van der Waals surface area (Å²) in [6.07, 6.45) is 5.82.